The Bertz CT molecular complexity index is 457. The van der Waals surface area contributed by atoms with E-state index in [0.717, 1.165) is 25.7 Å². The molecule has 7 heteroatoms. The normalized spacial score (nSPS) is 15.7. The van der Waals surface area contributed by atoms with Crippen LogP contribution in [0.15, 0.2) is 6.33 Å². The molecule has 1 saturated carbocycles. The average molecular weight is 265 g/mol. The van der Waals surface area contributed by atoms with Gasteiger partial charge >= 0.3 is 5.69 Å². The van der Waals surface area contributed by atoms with Gasteiger partial charge in [-0.1, -0.05) is 12.8 Å². The van der Waals surface area contributed by atoms with Crippen LogP contribution in [0.3, 0.4) is 0 Å². The van der Waals surface area contributed by atoms with Crippen LogP contribution in [-0.4, -0.2) is 27.0 Å². The fourth-order valence-electron chi connectivity index (χ4n) is 2.30. The van der Waals surface area contributed by atoms with E-state index < -0.39 is 4.92 Å². The van der Waals surface area contributed by atoms with Gasteiger partial charge in [-0.25, -0.2) is 9.97 Å². The molecule has 19 heavy (non-hydrogen) atoms. The first-order valence-corrected chi connectivity index (χ1v) is 6.60. The molecular weight excluding hydrogens is 246 g/mol. The number of rotatable bonds is 5. The van der Waals surface area contributed by atoms with Gasteiger partial charge in [-0.2, -0.15) is 0 Å². The van der Waals surface area contributed by atoms with Crippen LogP contribution >= 0.6 is 0 Å². The third-order valence-corrected chi connectivity index (χ3v) is 3.13. The van der Waals surface area contributed by atoms with Gasteiger partial charge in [0.1, 0.15) is 6.33 Å². The second-order valence-corrected chi connectivity index (χ2v) is 5.10. The summed E-state index contributed by atoms with van der Waals surface area (Å²) >= 11 is 0. The number of hydrogen-bond acceptors (Lipinski definition) is 6. The van der Waals surface area contributed by atoms with Crippen LogP contribution in [0.25, 0.3) is 0 Å². The Kier molecular flexibility index (Phi) is 4.13. The summed E-state index contributed by atoms with van der Waals surface area (Å²) in [5.41, 5.74) is -0.0666. The van der Waals surface area contributed by atoms with Crippen molar-refractivity contribution in [2.75, 3.05) is 10.6 Å². The first kappa shape index (κ1) is 13.5. The summed E-state index contributed by atoms with van der Waals surface area (Å²) in [6, 6.07) is 0.355. The molecule has 1 aromatic rings. The highest BCUT2D eigenvalue weighted by Gasteiger charge is 2.26. The van der Waals surface area contributed by atoms with E-state index >= 15 is 0 Å². The van der Waals surface area contributed by atoms with Crippen molar-refractivity contribution in [3.8, 4) is 0 Å². The fraction of sp³-hybridized carbons (Fsp3) is 0.667. The van der Waals surface area contributed by atoms with Crippen molar-refractivity contribution >= 4 is 17.3 Å². The van der Waals surface area contributed by atoms with Gasteiger partial charge < -0.3 is 10.6 Å². The van der Waals surface area contributed by atoms with Crippen molar-refractivity contribution in [3.63, 3.8) is 0 Å². The molecule has 0 atom stereocenters. The Hall–Kier alpha value is -1.92. The maximum absolute atomic E-state index is 11.2. The first-order valence-electron chi connectivity index (χ1n) is 6.60. The molecule has 0 spiro atoms. The van der Waals surface area contributed by atoms with Gasteiger partial charge in [0.05, 0.1) is 4.92 Å². The first-order chi connectivity index (χ1) is 9.08. The Morgan fingerprint density at radius 1 is 1.32 bits per heavy atom. The molecule has 104 valence electrons. The zero-order chi connectivity index (χ0) is 13.8. The number of nitro groups is 1. The minimum absolute atomic E-state index is 0.0666. The SMILES string of the molecule is CC(C)Nc1ncnc(NC2CCCC2)c1[N+](=O)[O-]. The van der Waals surface area contributed by atoms with Gasteiger partial charge in [-0.15, -0.1) is 0 Å². The number of nitrogens with one attached hydrogen (secondary N) is 2. The van der Waals surface area contributed by atoms with Gasteiger partial charge in [0.2, 0.25) is 11.6 Å². The third-order valence-electron chi connectivity index (χ3n) is 3.13. The van der Waals surface area contributed by atoms with Crippen LogP contribution in [0, 0.1) is 10.1 Å². The molecule has 0 unspecified atom stereocenters. The standard InChI is InChI=1S/C12H19N5O2/c1-8(2)15-11-10(17(18)19)12(14-7-13-11)16-9-5-3-4-6-9/h7-9H,3-6H2,1-2H3,(H2,13,14,15,16). The molecule has 0 radical (unpaired) electrons. The van der Waals surface area contributed by atoms with Crippen LogP contribution < -0.4 is 10.6 Å². The highest BCUT2D eigenvalue weighted by molar-refractivity contribution is 5.69. The minimum Gasteiger partial charge on any atom is -0.362 e. The summed E-state index contributed by atoms with van der Waals surface area (Å²) in [6.07, 6.45) is 5.75. The van der Waals surface area contributed by atoms with Crippen molar-refractivity contribution < 1.29 is 4.92 Å². The Balaban J connectivity index is 2.27. The van der Waals surface area contributed by atoms with E-state index in [-0.39, 0.29) is 23.6 Å². The fourth-order valence-corrected chi connectivity index (χ4v) is 2.30. The van der Waals surface area contributed by atoms with Crippen LogP contribution in [0.2, 0.25) is 0 Å². The summed E-state index contributed by atoms with van der Waals surface area (Å²) in [5, 5.41) is 17.4. The summed E-state index contributed by atoms with van der Waals surface area (Å²) in [7, 11) is 0. The number of hydrogen-bond donors (Lipinski definition) is 2. The summed E-state index contributed by atoms with van der Waals surface area (Å²) < 4.78 is 0. The van der Waals surface area contributed by atoms with Gasteiger partial charge in [0.25, 0.3) is 0 Å². The average Bonchev–Trinajstić information content (AvgIpc) is 2.80. The molecule has 0 amide bonds. The molecule has 1 heterocycles. The Morgan fingerprint density at radius 3 is 2.53 bits per heavy atom. The highest BCUT2D eigenvalue weighted by atomic mass is 16.6. The number of aromatic nitrogens is 2. The molecule has 1 aliphatic carbocycles. The smallest absolute Gasteiger partial charge is 0.353 e. The number of nitrogens with zero attached hydrogens (tertiary/aromatic N) is 3. The third kappa shape index (κ3) is 3.30. The lowest BCUT2D eigenvalue weighted by molar-refractivity contribution is -0.383. The molecular formula is C12H19N5O2. The number of anilines is 2. The van der Waals surface area contributed by atoms with Crippen molar-refractivity contribution in [1.29, 1.82) is 0 Å². The van der Waals surface area contributed by atoms with Crippen LogP contribution in [-0.2, 0) is 0 Å². The van der Waals surface area contributed by atoms with Crippen LogP contribution in [0.4, 0.5) is 17.3 Å². The molecule has 0 aromatic carbocycles. The quantitative estimate of drug-likeness (QED) is 0.627. The summed E-state index contributed by atoms with van der Waals surface area (Å²) in [6.45, 7) is 3.83. The summed E-state index contributed by atoms with van der Waals surface area (Å²) in [5.74, 6) is 0.588. The lowest BCUT2D eigenvalue weighted by Crippen LogP contribution is -2.19. The van der Waals surface area contributed by atoms with Crippen LogP contribution in [0.5, 0.6) is 0 Å². The van der Waals surface area contributed by atoms with E-state index in [2.05, 4.69) is 20.6 Å². The molecule has 0 saturated heterocycles. The van der Waals surface area contributed by atoms with Crippen molar-refractivity contribution in [2.24, 2.45) is 0 Å². The molecule has 7 nitrogen and oxygen atoms in total. The molecule has 0 aliphatic heterocycles. The lowest BCUT2D eigenvalue weighted by atomic mass is 10.2. The highest BCUT2D eigenvalue weighted by Crippen LogP contribution is 2.31. The zero-order valence-electron chi connectivity index (χ0n) is 11.2. The second-order valence-electron chi connectivity index (χ2n) is 5.10. The minimum atomic E-state index is -0.429. The Morgan fingerprint density at radius 2 is 1.95 bits per heavy atom. The monoisotopic (exact) mass is 265 g/mol. The van der Waals surface area contributed by atoms with Gasteiger partial charge in [-0.3, -0.25) is 10.1 Å². The van der Waals surface area contributed by atoms with Gasteiger partial charge in [0.15, 0.2) is 0 Å². The van der Waals surface area contributed by atoms with Gasteiger partial charge in [-0.05, 0) is 26.7 Å². The van der Waals surface area contributed by atoms with Crippen molar-refractivity contribution in [1.82, 2.24) is 9.97 Å². The van der Waals surface area contributed by atoms with E-state index in [1.54, 1.807) is 0 Å². The molecule has 2 N–H and O–H groups in total. The molecule has 1 fully saturated rings. The largest absolute Gasteiger partial charge is 0.362 e. The topological polar surface area (TPSA) is 93.0 Å². The zero-order valence-corrected chi connectivity index (χ0v) is 11.2. The molecule has 1 aromatic heterocycles. The van der Waals surface area contributed by atoms with E-state index in [0.29, 0.717) is 5.82 Å². The lowest BCUT2D eigenvalue weighted by Gasteiger charge is -2.15. The predicted molar refractivity (Wildman–Crippen MR) is 73.3 cm³/mol. The van der Waals surface area contributed by atoms with Crippen LogP contribution in [0.1, 0.15) is 39.5 Å². The van der Waals surface area contributed by atoms with E-state index in [4.69, 9.17) is 0 Å². The van der Waals surface area contributed by atoms with Crippen molar-refractivity contribution in [2.45, 2.75) is 51.6 Å². The van der Waals surface area contributed by atoms with E-state index in [1.165, 1.54) is 6.33 Å². The van der Waals surface area contributed by atoms with Crippen molar-refractivity contribution in [3.05, 3.63) is 16.4 Å². The Labute approximate surface area is 112 Å². The maximum atomic E-state index is 11.2. The second kappa shape index (κ2) is 5.81. The van der Waals surface area contributed by atoms with E-state index in [9.17, 15) is 10.1 Å². The molecule has 0 bridgehead atoms. The summed E-state index contributed by atoms with van der Waals surface area (Å²) in [4.78, 5) is 18.8. The molecule has 2 rings (SSSR count). The predicted octanol–water partition coefficient (Wildman–Crippen LogP) is 2.56. The maximum Gasteiger partial charge on any atom is 0.353 e. The van der Waals surface area contributed by atoms with E-state index in [1.807, 2.05) is 13.8 Å². The van der Waals surface area contributed by atoms with Gasteiger partial charge in [0, 0.05) is 12.1 Å². The molecule has 1 aliphatic rings.